The first kappa shape index (κ1) is 19.8. The summed E-state index contributed by atoms with van der Waals surface area (Å²) >= 11 is 0. The summed E-state index contributed by atoms with van der Waals surface area (Å²) < 4.78 is 26.4. The van der Waals surface area contributed by atoms with E-state index in [1.807, 2.05) is 0 Å². The lowest BCUT2D eigenvalue weighted by atomic mass is 10.1. The summed E-state index contributed by atoms with van der Waals surface area (Å²) in [4.78, 5) is 23.9. The van der Waals surface area contributed by atoms with Crippen LogP contribution in [0.4, 0.5) is 5.69 Å². The van der Waals surface area contributed by atoms with Crippen molar-refractivity contribution in [3.05, 3.63) is 53.1 Å². The number of hydrogen-bond donors (Lipinski definition) is 3. The molecule has 148 valence electrons. The highest BCUT2D eigenvalue weighted by atomic mass is 32.2. The van der Waals surface area contributed by atoms with Crippen LogP contribution in [0, 0.1) is 13.8 Å². The summed E-state index contributed by atoms with van der Waals surface area (Å²) in [5, 5.41) is 15.3. The van der Waals surface area contributed by atoms with Gasteiger partial charge in [-0.15, -0.1) is 0 Å². The molecule has 2 aromatic carbocycles. The molecule has 0 bridgehead atoms. The van der Waals surface area contributed by atoms with Crippen LogP contribution in [0.25, 0.3) is 0 Å². The average Bonchev–Trinajstić information content (AvgIpc) is 2.68. The third-order valence-electron chi connectivity index (χ3n) is 4.64. The quantitative estimate of drug-likeness (QED) is 0.713. The molecular weight excluding hydrogens is 382 g/mol. The zero-order chi connectivity index (χ0) is 20.5. The van der Waals surface area contributed by atoms with Gasteiger partial charge in [0.05, 0.1) is 11.4 Å². The van der Waals surface area contributed by atoms with E-state index in [0.717, 1.165) is 4.31 Å². The largest absolute Gasteiger partial charge is 0.507 e. The van der Waals surface area contributed by atoms with E-state index in [-0.39, 0.29) is 41.7 Å². The van der Waals surface area contributed by atoms with E-state index < -0.39 is 15.9 Å². The molecule has 3 rings (SSSR count). The second-order valence-corrected chi connectivity index (χ2v) is 8.51. The zero-order valence-electron chi connectivity index (χ0n) is 15.5. The van der Waals surface area contributed by atoms with Crippen LogP contribution in [0.15, 0.2) is 41.3 Å². The number of carbonyl (C=O) groups excluding carboxylic acids is 2. The molecule has 0 spiro atoms. The first-order valence-corrected chi connectivity index (χ1v) is 10.1. The summed E-state index contributed by atoms with van der Waals surface area (Å²) in [6, 6.07) is 8.91. The molecule has 1 aliphatic rings. The smallest absolute Gasteiger partial charge is 0.255 e. The van der Waals surface area contributed by atoms with E-state index >= 15 is 0 Å². The van der Waals surface area contributed by atoms with Crippen molar-refractivity contribution < 1.29 is 23.1 Å². The number of nitrogens with one attached hydrogen (secondary N) is 2. The number of phenolic OH excluding ortho intramolecular Hbond substituents is 1. The van der Waals surface area contributed by atoms with Crippen LogP contribution < -0.4 is 10.6 Å². The third kappa shape index (κ3) is 3.85. The maximum Gasteiger partial charge on any atom is 0.255 e. The van der Waals surface area contributed by atoms with E-state index in [2.05, 4.69) is 10.6 Å². The second-order valence-electron chi connectivity index (χ2n) is 6.57. The van der Waals surface area contributed by atoms with E-state index in [1.165, 1.54) is 24.3 Å². The minimum Gasteiger partial charge on any atom is -0.507 e. The third-order valence-corrected chi connectivity index (χ3v) is 6.50. The first-order valence-electron chi connectivity index (χ1n) is 8.67. The number of aryl methyl sites for hydroxylation is 1. The predicted molar refractivity (Wildman–Crippen MR) is 104 cm³/mol. The Labute approximate surface area is 163 Å². The Kier molecular flexibility index (Phi) is 5.39. The van der Waals surface area contributed by atoms with Crippen molar-refractivity contribution in [3.63, 3.8) is 0 Å². The second kappa shape index (κ2) is 7.61. The van der Waals surface area contributed by atoms with E-state index in [1.54, 1.807) is 26.0 Å². The molecule has 0 atom stereocenters. The van der Waals surface area contributed by atoms with E-state index in [4.69, 9.17) is 0 Å². The Balaban J connectivity index is 1.78. The number of amides is 2. The summed E-state index contributed by atoms with van der Waals surface area (Å²) in [6.07, 6.45) is 0. The van der Waals surface area contributed by atoms with Crippen LogP contribution in [0.1, 0.15) is 21.5 Å². The molecule has 0 saturated carbocycles. The lowest BCUT2D eigenvalue weighted by Crippen LogP contribution is -2.49. The number of aromatic hydroxyl groups is 1. The SMILES string of the molecule is Cc1ccc(NC(=O)c2ccc(S(=O)(=O)N3CCNC(=O)C3)cc2)c(C)c1O. The summed E-state index contributed by atoms with van der Waals surface area (Å²) in [5.74, 6) is -0.653. The molecule has 1 saturated heterocycles. The van der Waals surface area contributed by atoms with Gasteiger partial charge in [0, 0.05) is 29.9 Å². The number of piperazine rings is 1. The van der Waals surface area contributed by atoms with Crippen molar-refractivity contribution in [3.8, 4) is 5.75 Å². The number of benzene rings is 2. The molecule has 0 unspecified atom stereocenters. The Morgan fingerprint density at radius 2 is 1.82 bits per heavy atom. The maximum atomic E-state index is 12.6. The molecule has 3 N–H and O–H groups in total. The van der Waals surface area contributed by atoms with Crippen LogP contribution in [0.3, 0.4) is 0 Å². The van der Waals surface area contributed by atoms with Gasteiger partial charge in [-0.2, -0.15) is 4.31 Å². The molecule has 9 heteroatoms. The number of nitrogens with zero attached hydrogens (tertiary/aromatic N) is 1. The number of rotatable bonds is 4. The van der Waals surface area contributed by atoms with E-state index in [9.17, 15) is 23.1 Å². The van der Waals surface area contributed by atoms with Gasteiger partial charge in [-0.1, -0.05) is 6.07 Å². The fraction of sp³-hybridized carbons (Fsp3) is 0.263. The van der Waals surface area contributed by atoms with Crippen LogP contribution in [0.5, 0.6) is 5.75 Å². The van der Waals surface area contributed by atoms with Gasteiger partial charge in [-0.3, -0.25) is 9.59 Å². The predicted octanol–water partition coefficient (Wildman–Crippen LogP) is 1.38. The number of hydrogen-bond acceptors (Lipinski definition) is 5. The minimum absolute atomic E-state index is 0.0166. The molecule has 2 aromatic rings. The molecule has 0 aliphatic carbocycles. The maximum absolute atomic E-state index is 12.6. The van der Waals surface area contributed by atoms with Gasteiger partial charge in [-0.25, -0.2) is 8.42 Å². The molecule has 1 aliphatic heterocycles. The van der Waals surface area contributed by atoms with Crippen molar-refractivity contribution in [2.75, 3.05) is 25.0 Å². The number of phenols is 1. The first-order chi connectivity index (χ1) is 13.2. The number of carbonyl (C=O) groups is 2. The van der Waals surface area contributed by atoms with Gasteiger partial charge in [0.25, 0.3) is 5.91 Å². The summed E-state index contributed by atoms with van der Waals surface area (Å²) in [5.41, 5.74) is 2.01. The zero-order valence-corrected chi connectivity index (χ0v) is 16.3. The minimum atomic E-state index is -3.81. The lowest BCUT2D eigenvalue weighted by molar-refractivity contribution is -0.122. The molecule has 2 amide bonds. The molecule has 0 radical (unpaired) electrons. The van der Waals surface area contributed by atoms with Crippen LogP contribution >= 0.6 is 0 Å². The Bertz CT molecular complexity index is 1030. The van der Waals surface area contributed by atoms with Crippen molar-refractivity contribution >= 4 is 27.5 Å². The van der Waals surface area contributed by atoms with E-state index in [0.29, 0.717) is 16.8 Å². The van der Waals surface area contributed by atoms with Gasteiger partial charge in [0.2, 0.25) is 15.9 Å². The van der Waals surface area contributed by atoms with Gasteiger partial charge in [-0.05, 0) is 49.7 Å². The van der Waals surface area contributed by atoms with Gasteiger partial charge in [0.15, 0.2) is 0 Å². The average molecular weight is 403 g/mol. The highest BCUT2D eigenvalue weighted by Crippen LogP contribution is 2.28. The summed E-state index contributed by atoms with van der Waals surface area (Å²) in [7, 11) is -3.81. The Morgan fingerprint density at radius 1 is 1.14 bits per heavy atom. The van der Waals surface area contributed by atoms with Gasteiger partial charge in [0.1, 0.15) is 5.75 Å². The van der Waals surface area contributed by atoms with Crippen molar-refractivity contribution in [1.29, 1.82) is 0 Å². The topological polar surface area (TPSA) is 116 Å². The lowest BCUT2D eigenvalue weighted by Gasteiger charge is -2.25. The molecule has 1 fully saturated rings. The fourth-order valence-corrected chi connectivity index (χ4v) is 4.31. The van der Waals surface area contributed by atoms with Crippen LogP contribution in [0.2, 0.25) is 0 Å². The summed E-state index contributed by atoms with van der Waals surface area (Å²) in [6.45, 7) is 3.70. The van der Waals surface area contributed by atoms with Crippen LogP contribution in [-0.2, 0) is 14.8 Å². The molecule has 0 aromatic heterocycles. The molecule has 1 heterocycles. The standard InChI is InChI=1S/C19H21N3O5S/c1-12-3-8-16(13(2)18(12)24)21-19(25)14-4-6-15(7-5-14)28(26,27)22-10-9-20-17(23)11-22/h3-8,24H,9-11H2,1-2H3,(H,20,23)(H,21,25). The molecule has 8 nitrogen and oxygen atoms in total. The van der Waals surface area contributed by atoms with Gasteiger partial charge < -0.3 is 15.7 Å². The highest BCUT2D eigenvalue weighted by Gasteiger charge is 2.29. The monoisotopic (exact) mass is 403 g/mol. The Hall–Kier alpha value is -2.91. The Morgan fingerprint density at radius 3 is 2.46 bits per heavy atom. The van der Waals surface area contributed by atoms with Gasteiger partial charge >= 0.3 is 0 Å². The van der Waals surface area contributed by atoms with Crippen molar-refractivity contribution in [2.45, 2.75) is 18.7 Å². The highest BCUT2D eigenvalue weighted by molar-refractivity contribution is 7.89. The normalized spacial score (nSPS) is 15.1. The van der Waals surface area contributed by atoms with Crippen LogP contribution in [-0.4, -0.2) is 49.3 Å². The number of sulfonamides is 1. The molecule has 28 heavy (non-hydrogen) atoms. The molecular formula is C19H21N3O5S. The van der Waals surface area contributed by atoms with Crippen molar-refractivity contribution in [2.24, 2.45) is 0 Å². The fourth-order valence-electron chi connectivity index (χ4n) is 2.91. The van der Waals surface area contributed by atoms with Crippen molar-refractivity contribution in [1.82, 2.24) is 9.62 Å². The number of anilines is 1.